The van der Waals surface area contributed by atoms with Gasteiger partial charge in [0, 0.05) is 18.5 Å². The van der Waals surface area contributed by atoms with Gasteiger partial charge in [0.15, 0.2) is 0 Å². The van der Waals surface area contributed by atoms with Crippen LogP contribution >= 0.6 is 0 Å². The molecule has 1 atom stereocenters. The van der Waals surface area contributed by atoms with E-state index in [9.17, 15) is 0 Å². The van der Waals surface area contributed by atoms with Crippen molar-refractivity contribution in [3.63, 3.8) is 0 Å². The Bertz CT molecular complexity index is 254. The van der Waals surface area contributed by atoms with Crippen LogP contribution in [0.15, 0.2) is 5.16 Å². The van der Waals surface area contributed by atoms with Gasteiger partial charge in [-0.15, -0.1) is 0 Å². The molecule has 3 N–H and O–H groups in total. The number of nitrogens with zero attached hydrogens (tertiary/aromatic N) is 2. The number of oxime groups is 1. The van der Waals surface area contributed by atoms with Gasteiger partial charge in [0.05, 0.1) is 12.7 Å². The van der Waals surface area contributed by atoms with Gasteiger partial charge >= 0.3 is 0 Å². The molecule has 1 unspecified atom stereocenters. The molecule has 0 amide bonds. The van der Waals surface area contributed by atoms with Crippen molar-refractivity contribution < 1.29 is 9.94 Å². The normalized spacial score (nSPS) is 24.7. The number of amidine groups is 1. The van der Waals surface area contributed by atoms with Crippen molar-refractivity contribution >= 4 is 5.84 Å². The van der Waals surface area contributed by atoms with Crippen LogP contribution in [-0.2, 0) is 4.74 Å². The quantitative estimate of drug-likeness (QED) is 0.325. The van der Waals surface area contributed by atoms with Gasteiger partial charge in [0.2, 0.25) is 0 Å². The number of hydrogen-bond donors (Lipinski definition) is 2. The van der Waals surface area contributed by atoms with Crippen LogP contribution in [0.3, 0.4) is 0 Å². The van der Waals surface area contributed by atoms with Crippen LogP contribution in [0.25, 0.3) is 0 Å². The van der Waals surface area contributed by atoms with Gasteiger partial charge < -0.3 is 15.7 Å². The Morgan fingerprint density at radius 2 is 2.31 bits per heavy atom. The lowest BCUT2D eigenvalue weighted by molar-refractivity contribution is -0.0201. The summed E-state index contributed by atoms with van der Waals surface area (Å²) in [6.07, 6.45) is 1.19. The number of rotatable bonds is 4. The fraction of sp³-hybridized carbons (Fsp3) is 0.909. The molecule has 0 aliphatic carbocycles. The Balaban J connectivity index is 2.38. The van der Waals surface area contributed by atoms with Gasteiger partial charge in [-0.05, 0) is 19.9 Å². The number of hydrogen-bond acceptors (Lipinski definition) is 4. The average Bonchev–Trinajstić information content (AvgIpc) is 2.25. The molecule has 1 rings (SSSR count). The van der Waals surface area contributed by atoms with Crippen molar-refractivity contribution in [1.82, 2.24) is 4.90 Å². The maximum atomic E-state index is 8.68. The van der Waals surface area contributed by atoms with Crippen LogP contribution < -0.4 is 5.73 Å². The van der Waals surface area contributed by atoms with Gasteiger partial charge in [-0.25, -0.2) is 0 Å². The lowest BCUT2D eigenvalue weighted by atomic mass is 9.88. The van der Waals surface area contributed by atoms with E-state index in [4.69, 9.17) is 15.7 Å². The Morgan fingerprint density at radius 1 is 1.62 bits per heavy atom. The Labute approximate surface area is 97.2 Å². The minimum atomic E-state index is -0.254. The lowest BCUT2D eigenvalue weighted by Crippen LogP contribution is -2.43. The zero-order chi connectivity index (χ0) is 12.2. The fourth-order valence-corrected chi connectivity index (χ4v) is 1.79. The minimum absolute atomic E-state index is 0.254. The van der Waals surface area contributed by atoms with Crippen molar-refractivity contribution in [1.29, 1.82) is 0 Å². The molecular weight excluding hydrogens is 206 g/mol. The van der Waals surface area contributed by atoms with E-state index >= 15 is 0 Å². The monoisotopic (exact) mass is 229 g/mol. The predicted octanol–water partition coefficient (Wildman–Crippen LogP) is 0.870. The summed E-state index contributed by atoms with van der Waals surface area (Å²) in [5.41, 5.74) is 5.40. The van der Waals surface area contributed by atoms with Crippen LogP contribution in [0.4, 0.5) is 0 Å². The van der Waals surface area contributed by atoms with E-state index in [1.54, 1.807) is 0 Å². The predicted molar refractivity (Wildman–Crippen MR) is 63.7 cm³/mol. The highest BCUT2D eigenvalue weighted by molar-refractivity contribution is 5.85. The molecule has 0 aromatic heterocycles. The molecule has 94 valence electrons. The topological polar surface area (TPSA) is 71.1 Å². The summed E-state index contributed by atoms with van der Waals surface area (Å²) in [7, 11) is 0. The van der Waals surface area contributed by atoms with E-state index in [2.05, 4.69) is 17.0 Å². The molecule has 0 bridgehead atoms. The molecular formula is C11H23N3O2. The van der Waals surface area contributed by atoms with Crippen LogP contribution in [0.5, 0.6) is 0 Å². The van der Waals surface area contributed by atoms with Crippen molar-refractivity contribution in [2.75, 3.05) is 26.2 Å². The highest BCUT2D eigenvalue weighted by atomic mass is 16.5. The largest absolute Gasteiger partial charge is 0.409 e. The fourth-order valence-electron chi connectivity index (χ4n) is 1.79. The second-order valence-corrected chi connectivity index (χ2v) is 5.10. The molecule has 1 heterocycles. The summed E-state index contributed by atoms with van der Waals surface area (Å²) in [5.74, 6) is 0.300. The first-order valence-corrected chi connectivity index (χ1v) is 5.77. The summed E-state index contributed by atoms with van der Waals surface area (Å²) in [6.45, 7) is 9.75. The van der Waals surface area contributed by atoms with Gasteiger partial charge in [-0.2, -0.15) is 0 Å². The summed E-state index contributed by atoms with van der Waals surface area (Å²) < 4.78 is 5.48. The summed E-state index contributed by atoms with van der Waals surface area (Å²) in [5, 5.41) is 11.8. The van der Waals surface area contributed by atoms with E-state index in [1.807, 2.05) is 13.8 Å². The number of nitrogens with two attached hydrogens (primary N) is 1. The van der Waals surface area contributed by atoms with Crippen LogP contribution in [0.1, 0.15) is 27.2 Å². The highest BCUT2D eigenvalue weighted by Gasteiger charge is 2.25. The molecule has 1 fully saturated rings. The molecule has 1 aliphatic heterocycles. The van der Waals surface area contributed by atoms with Crippen molar-refractivity contribution in [3.8, 4) is 0 Å². The highest BCUT2D eigenvalue weighted by Crippen LogP contribution is 2.21. The van der Waals surface area contributed by atoms with E-state index < -0.39 is 0 Å². The van der Waals surface area contributed by atoms with E-state index in [1.165, 1.54) is 0 Å². The zero-order valence-corrected chi connectivity index (χ0v) is 10.4. The zero-order valence-electron chi connectivity index (χ0n) is 10.4. The molecule has 5 nitrogen and oxygen atoms in total. The first-order valence-electron chi connectivity index (χ1n) is 5.77. The maximum absolute atomic E-state index is 8.68. The van der Waals surface area contributed by atoms with E-state index in [-0.39, 0.29) is 5.41 Å². The summed E-state index contributed by atoms with van der Waals surface area (Å²) in [6, 6.07) is 0. The molecule has 0 spiro atoms. The second-order valence-electron chi connectivity index (χ2n) is 5.10. The van der Waals surface area contributed by atoms with Crippen molar-refractivity contribution in [3.05, 3.63) is 0 Å². The SMILES string of the molecule is CC1CN(CCC(C)(C)C(N)=NO)CCO1. The number of ether oxygens (including phenoxy) is 1. The van der Waals surface area contributed by atoms with E-state index in [0.717, 1.165) is 32.7 Å². The summed E-state index contributed by atoms with van der Waals surface area (Å²) in [4.78, 5) is 2.36. The Kier molecular flexibility index (Phi) is 4.56. The maximum Gasteiger partial charge on any atom is 0.144 e. The standard InChI is InChI=1S/C11H23N3O2/c1-9-8-14(6-7-16-9)5-4-11(2,3)10(12)13-15/h9,15H,4-8H2,1-3H3,(H2,12,13). The average molecular weight is 229 g/mol. The van der Waals surface area contributed by atoms with Crippen molar-refractivity contribution in [2.24, 2.45) is 16.3 Å². The van der Waals surface area contributed by atoms with Gasteiger partial charge in [-0.3, -0.25) is 4.90 Å². The molecule has 0 aromatic carbocycles. The third kappa shape index (κ3) is 3.64. The van der Waals surface area contributed by atoms with Gasteiger partial charge in [0.1, 0.15) is 5.84 Å². The first kappa shape index (κ1) is 13.3. The smallest absolute Gasteiger partial charge is 0.144 e. The molecule has 1 aliphatic rings. The Hall–Kier alpha value is -0.810. The molecule has 0 saturated carbocycles. The van der Waals surface area contributed by atoms with E-state index in [0.29, 0.717) is 11.9 Å². The van der Waals surface area contributed by atoms with Crippen LogP contribution in [-0.4, -0.2) is 48.3 Å². The third-order valence-electron chi connectivity index (χ3n) is 3.18. The summed E-state index contributed by atoms with van der Waals surface area (Å²) >= 11 is 0. The molecule has 5 heteroatoms. The molecule has 0 aromatic rings. The molecule has 1 saturated heterocycles. The number of morpholine rings is 1. The third-order valence-corrected chi connectivity index (χ3v) is 3.18. The van der Waals surface area contributed by atoms with Crippen molar-refractivity contribution in [2.45, 2.75) is 33.3 Å². The Morgan fingerprint density at radius 3 is 2.88 bits per heavy atom. The van der Waals surface area contributed by atoms with Crippen LogP contribution in [0, 0.1) is 5.41 Å². The second kappa shape index (κ2) is 5.50. The molecule has 16 heavy (non-hydrogen) atoms. The first-order chi connectivity index (χ1) is 7.45. The molecule has 0 radical (unpaired) electrons. The van der Waals surface area contributed by atoms with Gasteiger partial charge in [0.25, 0.3) is 0 Å². The van der Waals surface area contributed by atoms with Gasteiger partial charge in [-0.1, -0.05) is 19.0 Å². The lowest BCUT2D eigenvalue weighted by Gasteiger charge is -2.33. The van der Waals surface area contributed by atoms with Crippen LogP contribution in [0.2, 0.25) is 0 Å². The minimum Gasteiger partial charge on any atom is -0.409 e.